The summed E-state index contributed by atoms with van der Waals surface area (Å²) in [5, 5.41) is 18.5. The number of carbonyl (C=O) groups excluding carboxylic acids is 1. The average molecular weight is 303 g/mol. The number of aromatic hydroxyl groups is 2. The summed E-state index contributed by atoms with van der Waals surface area (Å²) in [4.78, 5) is 13.5. The van der Waals surface area contributed by atoms with Crippen LogP contribution in [0.3, 0.4) is 0 Å². The molecule has 0 amide bonds. The summed E-state index contributed by atoms with van der Waals surface area (Å²) in [7, 11) is 0. The van der Waals surface area contributed by atoms with Crippen molar-refractivity contribution in [1.82, 2.24) is 4.90 Å². The predicted molar refractivity (Wildman–Crippen MR) is 69.3 cm³/mol. The van der Waals surface area contributed by atoms with E-state index in [9.17, 15) is 28.2 Å². The molecular weight excluding hydrogens is 287 g/mol. The van der Waals surface area contributed by atoms with Gasteiger partial charge in [-0.2, -0.15) is 13.2 Å². The Balaban J connectivity index is 2.00. The lowest BCUT2D eigenvalue weighted by atomic mass is 9.97. The number of carbonyl (C=O) groups is 1. The van der Waals surface area contributed by atoms with Crippen LogP contribution in [-0.4, -0.2) is 46.7 Å². The molecule has 0 aromatic heterocycles. The molecule has 1 aromatic rings. The number of phenols is 2. The van der Waals surface area contributed by atoms with Crippen LogP contribution in [-0.2, 0) is 0 Å². The minimum absolute atomic E-state index is 0.0915. The molecule has 0 aliphatic carbocycles. The first-order chi connectivity index (χ1) is 9.77. The number of nitrogens with zero attached hydrogens (tertiary/aromatic N) is 1. The lowest BCUT2D eigenvalue weighted by Crippen LogP contribution is -2.43. The van der Waals surface area contributed by atoms with Crippen molar-refractivity contribution in [3.8, 4) is 11.5 Å². The number of hydrogen-bond acceptors (Lipinski definition) is 4. The standard InChI is InChI=1S/C14H16F3NO3/c15-14(16,17)10-2-1-5-18(7-10)8-13(21)9-3-4-11(19)12(20)6-9/h3-4,6,10,19-20H,1-2,5,7-8H2. The van der Waals surface area contributed by atoms with Gasteiger partial charge in [-0.3, -0.25) is 9.69 Å². The van der Waals surface area contributed by atoms with Crippen molar-refractivity contribution in [3.05, 3.63) is 23.8 Å². The van der Waals surface area contributed by atoms with Crippen LogP contribution in [0.25, 0.3) is 0 Å². The summed E-state index contributed by atoms with van der Waals surface area (Å²) in [6.45, 7) is 0.137. The van der Waals surface area contributed by atoms with Crippen LogP contribution in [0.1, 0.15) is 23.2 Å². The van der Waals surface area contributed by atoms with E-state index in [0.717, 1.165) is 6.07 Å². The highest BCUT2D eigenvalue weighted by molar-refractivity contribution is 5.98. The molecule has 1 aromatic carbocycles. The van der Waals surface area contributed by atoms with Crippen molar-refractivity contribution in [2.75, 3.05) is 19.6 Å². The van der Waals surface area contributed by atoms with Crippen LogP contribution in [0.15, 0.2) is 18.2 Å². The molecule has 1 atom stereocenters. The quantitative estimate of drug-likeness (QED) is 0.665. The first-order valence-corrected chi connectivity index (χ1v) is 6.61. The van der Waals surface area contributed by atoms with Gasteiger partial charge in [-0.05, 0) is 37.6 Å². The molecule has 0 saturated carbocycles. The van der Waals surface area contributed by atoms with Crippen LogP contribution in [0.4, 0.5) is 13.2 Å². The van der Waals surface area contributed by atoms with E-state index in [1.807, 2.05) is 0 Å². The van der Waals surface area contributed by atoms with E-state index in [4.69, 9.17) is 0 Å². The second-order valence-electron chi connectivity index (χ2n) is 5.24. The lowest BCUT2D eigenvalue weighted by Gasteiger charge is -2.33. The summed E-state index contributed by atoms with van der Waals surface area (Å²) >= 11 is 0. The number of ketones is 1. The van der Waals surface area contributed by atoms with Crippen molar-refractivity contribution in [1.29, 1.82) is 0 Å². The number of Topliss-reactive ketones (excluding diaryl/α,β-unsaturated/α-hetero) is 1. The van der Waals surface area contributed by atoms with Gasteiger partial charge in [0.15, 0.2) is 17.3 Å². The van der Waals surface area contributed by atoms with Gasteiger partial charge in [-0.15, -0.1) is 0 Å². The van der Waals surface area contributed by atoms with Crippen LogP contribution in [0.2, 0.25) is 0 Å². The monoisotopic (exact) mass is 303 g/mol. The second-order valence-corrected chi connectivity index (χ2v) is 5.24. The second kappa shape index (κ2) is 5.93. The Kier molecular flexibility index (Phi) is 4.41. The summed E-state index contributed by atoms with van der Waals surface area (Å²) in [6.07, 6.45) is -3.75. The van der Waals surface area contributed by atoms with Crippen LogP contribution < -0.4 is 0 Å². The van der Waals surface area contributed by atoms with E-state index < -0.39 is 17.8 Å². The predicted octanol–water partition coefficient (Wildman–Crippen LogP) is 2.55. The number of piperidine rings is 1. The highest BCUT2D eigenvalue weighted by Gasteiger charge is 2.41. The molecule has 1 aliphatic heterocycles. The fourth-order valence-corrected chi connectivity index (χ4v) is 2.46. The van der Waals surface area contributed by atoms with Gasteiger partial charge < -0.3 is 10.2 Å². The molecule has 1 unspecified atom stereocenters. The van der Waals surface area contributed by atoms with E-state index in [-0.39, 0.29) is 36.6 Å². The Bertz CT molecular complexity index is 531. The zero-order chi connectivity index (χ0) is 15.6. The van der Waals surface area contributed by atoms with Crippen molar-refractivity contribution < 1.29 is 28.2 Å². The van der Waals surface area contributed by atoms with Crippen molar-refractivity contribution in [2.45, 2.75) is 19.0 Å². The summed E-state index contributed by atoms with van der Waals surface area (Å²) in [5.41, 5.74) is 0.166. The fraction of sp³-hybridized carbons (Fsp3) is 0.500. The smallest absolute Gasteiger partial charge is 0.393 e. The number of halogens is 3. The van der Waals surface area contributed by atoms with Gasteiger partial charge in [-0.1, -0.05) is 0 Å². The molecule has 4 nitrogen and oxygen atoms in total. The highest BCUT2D eigenvalue weighted by Crippen LogP contribution is 2.33. The molecular formula is C14H16F3NO3. The van der Waals surface area contributed by atoms with Gasteiger partial charge in [0.05, 0.1) is 12.5 Å². The van der Waals surface area contributed by atoms with Crippen molar-refractivity contribution in [2.24, 2.45) is 5.92 Å². The number of hydrogen-bond donors (Lipinski definition) is 2. The van der Waals surface area contributed by atoms with Gasteiger partial charge in [0.2, 0.25) is 0 Å². The zero-order valence-electron chi connectivity index (χ0n) is 11.2. The molecule has 0 radical (unpaired) electrons. The molecule has 2 rings (SSSR count). The van der Waals surface area contributed by atoms with Crippen LogP contribution in [0.5, 0.6) is 11.5 Å². The average Bonchev–Trinajstić information content (AvgIpc) is 2.41. The number of benzene rings is 1. The maximum absolute atomic E-state index is 12.7. The first-order valence-electron chi connectivity index (χ1n) is 6.61. The van der Waals surface area contributed by atoms with Crippen molar-refractivity contribution in [3.63, 3.8) is 0 Å². The van der Waals surface area contributed by atoms with Gasteiger partial charge >= 0.3 is 6.18 Å². The van der Waals surface area contributed by atoms with Gasteiger partial charge in [0.1, 0.15) is 0 Å². The number of alkyl halides is 3. The Morgan fingerprint density at radius 3 is 2.62 bits per heavy atom. The number of rotatable bonds is 3. The SMILES string of the molecule is O=C(CN1CCCC(C(F)(F)F)C1)c1ccc(O)c(O)c1. The normalized spacial score (nSPS) is 20.4. The minimum Gasteiger partial charge on any atom is -0.504 e. The molecule has 0 bridgehead atoms. The van der Waals surface area contributed by atoms with E-state index in [0.29, 0.717) is 13.0 Å². The minimum atomic E-state index is -4.24. The summed E-state index contributed by atoms with van der Waals surface area (Å²) in [6, 6.07) is 3.63. The first kappa shape index (κ1) is 15.6. The molecule has 2 N–H and O–H groups in total. The van der Waals surface area contributed by atoms with Crippen LogP contribution >= 0.6 is 0 Å². The Hall–Kier alpha value is -1.76. The van der Waals surface area contributed by atoms with Gasteiger partial charge in [-0.25, -0.2) is 0 Å². The molecule has 7 heteroatoms. The maximum atomic E-state index is 12.7. The van der Waals surface area contributed by atoms with Gasteiger partial charge in [0, 0.05) is 12.1 Å². The Labute approximate surface area is 119 Å². The molecule has 116 valence electrons. The largest absolute Gasteiger partial charge is 0.504 e. The van der Waals surface area contributed by atoms with Gasteiger partial charge in [0.25, 0.3) is 0 Å². The Morgan fingerprint density at radius 1 is 1.29 bits per heavy atom. The molecule has 21 heavy (non-hydrogen) atoms. The van der Waals surface area contributed by atoms with E-state index in [1.54, 1.807) is 0 Å². The number of phenolic OH excluding ortho intramolecular Hbond substituents is 2. The highest BCUT2D eigenvalue weighted by atomic mass is 19.4. The maximum Gasteiger partial charge on any atom is 0.393 e. The fourth-order valence-electron chi connectivity index (χ4n) is 2.46. The number of likely N-dealkylation sites (tertiary alicyclic amines) is 1. The third-order valence-corrected chi connectivity index (χ3v) is 3.63. The Morgan fingerprint density at radius 2 is 2.00 bits per heavy atom. The molecule has 1 fully saturated rings. The topological polar surface area (TPSA) is 60.8 Å². The van der Waals surface area contributed by atoms with E-state index in [1.165, 1.54) is 17.0 Å². The third-order valence-electron chi connectivity index (χ3n) is 3.63. The summed E-state index contributed by atoms with van der Waals surface area (Å²) in [5.74, 6) is -2.55. The molecule has 1 saturated heterocycles. The zero-order valence-corrected chi connectivity index (χ0v) is 11.2. The summed E-state index contributed by atoms with van der Waals surface area (Å²) < 4.78 is 38.1. The molecule has 0 spiro atoms. The third kappa shape index (κ3) is 3.87. The van der Waals surface area contributed by atoms with E-state index >= 15 is 0 Å². The van der Waals surface area contributed by atoms with E-state index in [2.05, 4.69) is 0 Å². The van der Waals surface area contributed by atoms with Crippen molar-refractivity contribution >= 4 is 5.78 Å². The van der Waals surface area contributed by atoms with Crippen LogP contribution in [0, 0.1) is 5.92 Å². The lowest BCUT2D eigenvalue weighted by molar-refractivity contribution is -0.186. The molecule has 1 aliphatic rings. The molecule has 1 heterocycles.